The fraction of sp³-hybridized carbons (Fsp3) is 0.263. The molecule has 0 saturated carbocycles. The third-order valence-corrected chi connectivity index (χ3v) is 5.27. The van der Waals surface area contributed by atoms with E-state index in [1.54, 1.807) is 24.3 Å². The first kappa shape index (κ1) is 20.1. The summed E-state index contributed by atoms with van der Waals surface area (Å²) in [6, 6.07) is 10.0. The van der Waals surface area contributed by atoms with Crippen LogP contribution in [0.2, 0.25) is 0 Å². The quantitative estimate of drug-likeness (QED) is 0.832. The van der Waals surface area contributed by atoms with Gasteiger partial charge in [-0.2, -0.15) is 13.2 Å². The van der Waals surface area contributed by atoms with E-state index in [1.165, 1.54) is 23.8 Å². The average Bonchev–Trinajstić information content (AvgIpc) is 3.17. The number of methoxy groups -OCH3 is 1. The van der Waals surface area contributed by atoms with E-state index >= 15 is 0 Å². The Kier molecular flexibility index (Phi) is 5.83. The van der Waals surface area contributed by atoms with Crippen molar-refractivity contribution in [3.8, 4) is 5.75 Å². The van der Waals surface area contributed by atoms with Crippen LogP contribution in [-0.2, 0) is 11.0 Å². The first-order chi connectivity index (χ1) is 13.3. The number of carbonyl (C=O) groups excluding carboxylic acids is 2. The molecule has 1 aliphatic rings. The van der Waals surface area contributed by atoms with Gasteiger partial charge in [0.25, 0.3) is 5.91 Å². The summed E-state index contributed by atoms with van der Waals surface area (Å²) >= 11 is 1.41. The van der Waals surface area contributed by atoms with Crippen LogP contribution in [0.1, 0.15) is 15.9 Å². The van der Waals surface area contributed by atoms with Crippen LogP contribution in [-0.4, -0.2) is 41.5 Å². The number of nitrogens with one attached hydrogen (secondary N) is 1. The molecular weight excluding hydrogens is 393 g/mol. The Labute approximate surface area is 163 Å². The summed E-state index contributed by atoms with van der Waals surface area (Å²) < 4.78 is 43.1. The van der Waals surface area contributed by atoms with Crippen molar-refractivity contribution in [2.45, 2.75) is 12.2 Å². The molecule has 2 aromatic rings. The molecule has 2 amide bonds. The van der Waals surface area contributed by atoms with E-state index in [2.05, 4.69) is 5.32 Å². The maximum absolute atomic E-state index is 12.7. The van der Waals surface area contributed by atoms with Gasteiger partial charge in [0, 0.05) is 17.0 Å². The Morgan fingerprint density at radius 2 is 1.75 bits per heavy atom. The summed E-state index contributed by atoms with van der Waals surface area (Å²) in [5.41, 5.74) is -0.156. The van der Waals surface area contributed by atoms with Gasteiger partial charge in [-0.1, -0.05) is 0 Å². The summed E-state index contributed by atoms with van der Waals surface area (Å²) in [5, 5.41) is 2.75. The first-order valence-corrected chi connectivity index (χ1v) is 9.46. The normalized spacial score (nSPS) is 16.7. The molecule has 3 rings (SSSR count). The van der Waals surface area contributed by atoms with Gasteiger partial charge in [0.1, 0.15) is 11.8 Å². The maximum Gasteiger partial charge on any atom is 0.416 e. The van der Waals surface area contributed by atoms with Crippen LogP contribution in [0.15, 0.2) is 48.5 Å². The van der Waals surface area contributed by atoms with Crippen LogP contribution in [0.3, 0.4) is 0 Å². The van der Waals surface area contributed by atoms with Crippen molar-refractivity contribution in [1.82, 2.24) is 4.90 Å². The Bertz CT molecular complexity index is 854. The van der Waals surface area contributed by atoms with Crippen molar-refractivity contribution < 1.29 is 27.5 Å². The van der Waals surface area contributed by atoms with E-state index in [4.69, 9.17) is 4.74 Å². The molecule has 0 radical (unpaired) electrons. The van der Waals surface area contributed by atoms with Crippen LogP contribution >= 0.6 is 11.8 Å². The second kappa shape index (κ2) is 8.14. The molecule has 148 valence electrons. The molecule has 0 aliphatic carbocycles. The third-order valence-electron chi connectivity index (χ3n) is 4.26. The van der Waals surface area contributed by atoms with E-state index in [-0.39, 0.29) is 11.5 Å². The lowest BCUT2D eigenvalue weighted by Crippen LogP contribution is -2.44. The van der Waals surface area contributed by atoms with Crippen molar-refractivity contribution in [2.75, 3.05) is 24.1 Å². The van der Waals surface area contributed by atoms with Gasteiger partial charge in [0.05, 0.1) is 18.6 Å². The summed E-state index contributed by atoms with van der Waals surface area (Å²) in [7, 11) is 1.54. The van der Waals surface area contributed by atoms with Gasteiger partial charge in [-0.3, -0.25) is 9.59 Å². The monoisotopic (exact) mass is 410 g/mol. The van der Waals surface area contributed by atoms with Crippen LogP contribution < -0.4 is 10.1 Å². The Hall–Kier alpha value is -2.68. The zero-order valence-electron chi connectivity index (χ0n) is 14.8. The lowest BCUT2D eigenvalue weighted by Gasteiger charge is -2.23. The largest absolute Gasteiger partial charge is 0.497 e. The average molecular weight is 410 g/mol. The summed E-state index contributed by atoms with van der Waals surface area (Å²) in [5.74, 6) is 0.520. The lowest BCUT2D eigenvalue weighted by molar-refractivity contribution is -0.137. The second-order valence-electron chi connectivity index (χ2n) is 6.08. The molecule has 0 spiro atoms. The van der Waals surface area contributed by atoms with Crippen molar-refractivity contribution >= 4 is 29.3 Å². The second-order valence-corrected chi connectivity index (χ2v) is 7.08. The SMILES string of the molecule is COc1ccc(NC(=O)C2CSCN2C(=O)c2ccc(C(F)(F)F)cc2)cc1. The minimum absolute atomic E-state index is 0.109. The molecule has 1 saturated heterocycles. The van der Waals surface area contributed by atoms with E-state index in [9.17, 15) is 22.8 Å². The zero-order chi connectivity index (χ0) is 20.3. The fourth-order valence-electron chi connectivity index (χ4n) is 2.73. The Morgan fingerprint density at radius 3 is 2.32 bits per heavy atom. The smallest absolute Gasteiger partial charge is 0.416 e. The molecule has 1 fully saturated rings. The molecule has 28 heavy (non-hydrogen) atoms. The number of hydrogen-bond donors (Lipinski definition) is 1. The minimum Gasteiger partial charge on any atom is -0.497 e. The van der Waals surface area contributed by atoms with Crippen LogP contribution in [0.25, 0.3) is 0 Å². The number of alkyl halides is 3. The van der Waals surface area contributed by atoms with Crippen molar-refractivity contribution in [3.63, 3.8) is 0 Å². The molecule has 0 aromatic heterocycles. The molecule has 1 aliphatic heterocycles. The van der Waals surface area contributed by atoms with E-state index in [0.717, 1.165) is 24.3 Å². The fourth-order valence-corrected chi connectivity index (χ4v) is 3.88. The summed E-state index contributed by atoms with van der Waals surface area (Å²) in [6.07, 6.45) is -4.47. The van der Waals surface area contributed by atoms with Gasteiger partial charge in [-0.25, -0.2) is 0 Å². The number of nitrogens with zero attached hydrogens (tertiary/aromatic N) is 1. The van der Waals surface area contributed by atoms with Crippen molar-refractivity contribution in [1.29, 1.82) is 0 Å². The number of hydrogen-bond acceptors (Lipinski definition) is 4. The number of rotatable bonds is 4. The van der Waals surface area contributed by atoms with Crippen molar-refractivity contribution in [2.24, 2.45) is 0 Å². The molecule has 9 heteroatoms. The van der Waals surface area contributed by atoms with Gasteiger partial charge >= 0.3 is 6.18 Å². The molecule has 1 atom stereocenters. The number of carbonyl (C=O) groups is 2. The highest BCUT2D eigenvalue weighted by atomic mass is 32.2. The lowest BCUT2D eigenvalue weighted by atomic mass is 10.1. The van der Waals surface area contributed by atoms with Crippen molar-refractivity contribution in [3.05, 3.63) is 59.7 Å². The minimum atomic E-state index is -4.47. The molecular formula is C19H17F3N2O3S. The van der Waals surface area contributed by atoms with E-state index in [0.29, 0.717) is 23.1 Å². The number of thioether (sulfide) groups is 1. The van der Waals surface area contributed by atoms with Gasteiger partial charge in [-0.15, -0.1) is 11.8 Å². The van der Waals surface area contributed by atoms with Gasteiger partial charge < -0.3 is 15.0 Å². The third kappa shape index (κ3) is 4.41. The molecule has 1 heterocycles. The summed E-state index contributed by atoms with van der Waals surface area (Å²) in [6.45, 7) is 0. The molecule has 5 nitrogen and oxygen atoms in total. The highest BCUT2D eigenvalue weighted by molar-refractivity contribution is 7.99. The Balaban J connectivity index is 1.70. The van der Waals surface area contributed by atoms with Crippen LogP contribution in [0.4, 0.5) is 18.9 Å². The molecule has 0 bridgehead atoms. The van der Waals surface area contributed by atoms with Gasteiger partial charge in [0.15, 0.2) is 0 Å². The van der Waals surface area contributed by atoms with Crippen LogP contribution in [0, 0.1) is 0 Å². The predicted molar refractivity (Wildman–Crippen MR) is 100 cm³/mol. The number of ether oxygens (including phenoxy) is 1. The number of anilines is 1. The first-order valence-electron chi connectivity index (χ1n) is 8.30. The molecule has 2 aromatic carbocycles. The number of benzene rings is 2. The zero-order valence-corrected chi connectivity index (χ0v) is 15.6. The van der Waals surface area contributed by atoms with E-state index in [1.807, 2.05) is 0 Å². The molecule has 1 unspecified atom stereocenters. The summed E-state index contributed by atoms with van der Waals surface area (Å²) in [4.78, 5) is 26.7. The highest BCUT2D eigenvalue weighted by Crippen LogP contribution is 2.30. The Morgan fingerprint density at radius 1 is 1.11 bits per heavy atom. The maximum atomic E-state index is 12.7. The standard InChI is InChI=1S/C19H17F3N2O3S/c1-27-15-8-6-14(7-9-15)23-17(25)16-10-28-11-24(16)18(26)12-2-4-13(5-3-12)19(20,21)22/h2-9,16H,10-11H2,1H3,(H,23,25). The topological polar surface area (TPSA) is 58.6 Å². The van der Waals surface area contributed by atoms with Gasteiger partial charge in [-0.05, 0) is 48.5 Å². The predicted octanol–water partition coefficient (Wildman–Crippen LogP) is 3.87. The van der Waals surface area contributed by atoms with E-state index < -0.39 is 23.7 Å². The van der Waals surface area contributed by atoms with Gasteiger partial charge in [0.2, 0.25) is 5.91 Å². The van der Waals surface area contributed by atoms with Crippen LogP contribution in [0.5, 0.6) is 5.75 Å². The number of halogens is 3. The highest BCUT2D eigenvalue weighted by Gasteiger charge is 2.36. The number of amides is 2. The molecule has 1 N–H and O–H groups in total.